The van der Waals surface area contributed by atoms with E-state index in [0.717, 1.165) is 25.9 Å². The van der Waals surface area contributed by atoms with Gasteiger partial charge in [0, 0.05) is 26.1 Å². The molecule has 0 bridgehead atoms. The van der Waals surface area contributed by atoms with Gasteiger partial charge in [-0.2, -0.15) is 0 Å². The van der Waals surface area contributed by atoms with Crippen molar-refractivity contribution in [2.45, 2.75) is 26.2 Å². The molecule has 1 atom stereocenters. The first-order chi connectivity index (χ1) is 10.6. The van der Waals surface area contributed by atoms with E-state index in [1.54, 1.807) is 11.0 Å². The standard InChI is InChI=1S/C17H21ClN2O2/c1-12-6-8-19(9-7-12)17(22)13-10-16(21)20(11-13)15-5-3-2-4-14(15)18/h2-5,12-13H,6-11H2,1H3. The molecule has 2 fully saturated rings. The molecule has 2 saturated heterocycles. The van der Waals surface area contributed by atoms with Crippen LogP contribution in [-0.4, -0.2) is 36.3 Å². The number of benzene rings is 1. The summed E-state index contributed by atoms with van der Waals surface area (Å²) in [7, 11) is 0. The van der Waals surface area contributed by atoms with E-state index in [1.807, 2.05) is 23.1 Å². The maximum absolute atomic E-state index is 12.6. The van der Waals surface area contributed by atoms with E-state index in [4.69, 9.17) is 11.6 Å². The predicted molar refractivity (Wildman–Crippen MR) is 86.9 cm³/mol. The Hall–Kier alpha value is -1.55. The molecule has 4 nitrogen and oxygen atoms in total. The molecule has 0 aromatic heterocycles. The summed E-state index contributed by atoms with van der Waals surface area (Å²) < 4.78 is 0. The van der Waals surface area contributed by atoms with Crippen LogP contribution in [0.5, 0.6) is 0 Å². The number of carbonyl (C=O) groups is 2. The number of rotatable bonds is 2. The molecular formula is C17H21ClN2O2. The first kappa shape index (κ1) is 15.3. The number of anilines is 1. The van der Waals surface area contributed by atoms with Crippen LogP contribution in [0.1, 0.15) is 26.2 Å². The Morgan fingerprint density at radius 1 is 1.23 bits per heavy atom. The van der Waals surface area contributed by atoms with Gasteiger partial charge >= 0.3 is 0 Å². The third-order valence-corrected chi connectivity index (χ3v) is 5.03. The summed E-state index contributed by atoms with van der Waals surface area (Å²) >= 11 is 6.17. The maximum atomic E-state index is 12.6. The zero-order chi connectivity index (χ0) is 15.7. The molecule has 0 radical (unpaired) electrons. The van der Waals surface area contributed by atoms with Gasteiger partial charge in [-0.25, -0.2) is 0 Å². The van der Waals surface area contributed by atoms with Crippen molar-refractivity contribution in [3.8, 4) is 0 Å². The fraction of sp³-hybridized carbons (Fsp3) is 0.529. The van der Waals surface area contributed by atoms with Gasteiger partial charge in [0.15, 0.2) is 0 Å². The van der Waals surface area contributed by atoms with Crippen molar-refractivity contribution in [1.82, 2.24) is 4.90 Å². The van der Waals surface area contributed by atoms with Crippen LogP contribution in [0.4, 0.5) is 5.69 Å². The van der Waals surface area contributed by atoms with E-state index >= 15 is 0 Å². The number of likely N-dealkylation sites (tertiary alicyclic amines) is 1. The molecule has 0 N–H and O–H groups in total. The lowest BCUT2D eigenvalue weighted by Gasteiger charge is -2.32. The van der Waals surface area contributed by atoms with Crippen molar-refractivity contribution < 1.29 is 9.59 Å². The molecule has 0 saturated carbocycles. The van der Waals surface area contributed by atoms with Gasteiger partial charge in [-0.1, -0.05) is 30.7 Å². The highest BCUT2D eigenvalue weighted by Crippen LogP contribution is 2.32. The van der Waals surface area contributed by atoms with Gasteiger partial charge in [0.25, 0.3) is 0 Å². The molecule has 2 amide bonds. The molecule has 1 aromatic rings. The number of hydrogen-bond acceptors (Lipinski definition) is 2. The Morgan fingerprint density at radius 2 is 1.91 bits per heavy atom. The Bertz CT molecular complexity index is 582. The summed E-state index contributed by atoms with van der Waals surface area (Å²) in [6, 6.07) is 7.29. The van der Waals surface area contributed by atoms with E-state index in [2.05, 4.69) is 6.92 Å². The van der Waals surface area contributed by atoms with Crippen molar-refractivity contribution in [2.24, 2.45) is 11.8 Å². The highest BCUT2D eigenvalue weighted by molar-refractivity contribution is 6.33. The minimum atomic E-state index is -0.239. The van der Waals surface area contributed by atoms with Gasteiger partial charge in [-0.3, -0.25) is 9.59 Å². The van der Waals surface area contributed by atoms with Crippen molar-refractivity contribution in [3.05, 3.63) is 29.3 Å². The minimum absolute atomic E-state index is 0.0168. The molecule has 118 valence electrons. The van der Waals surface area contributed by atoms with Gasteiger partial charge in [0.2, 0.25) is 11.8 Å². The lowest BCUT2D eigenvalue weighted by Crippen LogP contribution is -2.42. The third kappa shape index (κ3) is 2.98. The number of halogens is 1. The second-order valence-corrected chi connectivity index (χ2v) is 6.77. The summed E-state index contributed by atoms with van der Waals surface area (Å²) in [5.74, 6) is 0.553. The van der Waals surface area contributed by atoms with Crippen LogP contribution in [0, 0.1) is 11.8 Å². The zero-order valence-electron chi connectivity index (χ0n) is 12.8. The minimum Gasteiger partial charge on any atom is -0.342 e. The summed E-state index contributed by atoms with van der Waals surface area (Å²) in [5.41, 5.74) is 0.705. The van der Waals surface area contributed by atoms with E-state index in [-0.39, 0.29) is 24.2 Å². The lowest BCUT2D eigenvalue weighted by atomic mass is 9.97. The molecule has 2 heterocycles. The van der Waals surface area contributed by atoms with Crippen molar-refractivity contribution in [2.75, 3.05) is 24.5 Å². The summed E-state index contributed by atoms with van der Waals surface area (Å²) in [6.07, 6.45) is 2.40. The van der Waals surface area contributed by atoms with E-state index in [9.17, 15) is 9.59 Å². The summed E-state index contributed by atoms with van der Waals surface area (Å²) in [6.45, 7) is 4.29. The molecule has 1 aromatic carbocycles. The fourth-order valence-electron chi connectivity index (χ4n) is 3.26. The highest BCUT2D eigenvalue weighted by Gasteiger charge is 2.38. The number of carbonyl (C=O) groups excluding carboxylic acids is 2. The molecule has 5 heteroatoms. The predicted octanol–water partition coefficient (Wildman–Crippen LogP) is 2.95. The average Bonchev–Trinajstić information content (AvgIpc) is 2.90. The Morgan fingerprint density at radius 3 is 2.59 bits per heavy atom. The molecule has 0 spiro atoms. The number of para-hydroxylation sites is 1. The smallest absolute Gasteiger partial charge is 0.228 e. The highest BCUT2D eigenvalue weighted by atomic mass is 35.5. The van der Waals surface area contributed by atoms with Gasteiger partial charge in [-0.15, -0.1) is 0 Å². The summed E-state index contributed by atoms with van der Waals surface area (Å²) in [4.78, 5) is 28.5. The second kappa shape index (κ2) is 6.29. The molecule has 2 aliphatic heterocycles. The van der Waals surface area contributed by atoms with Gasteiger partial charge in [-0.05, 0) is 30.9 Å². The Kier molecular flexibility index (Phi) is 4.39. The number of piperidine rings is 1. The first-order valence-corrected chi connectivity index (χ1v) is 8.27. The molecule has 2 aliphatic rings. The molecular weight excluding hydrogens is 300 g/mol. The van der Waals surface area contributed by atoms with Crippen LogP contribution in [0.25, 0.3) is 0 Å². The molecule has 1 unspecified atom stereocenters. The SMILES string of the molecule is CC1CCN(C(=O)C2CC(=O)N(c3ccccc3Cl)C2)CC1. The summed E-state index contributed by atoms with van der Waals surface area (Å²) in [5, 5.41) is 0.552. The molecule has 3 rings (SSSR count). The van der Waals surface area contributed by atoms with E-state index < -0.39 is 0 Å². The van der Waals surface area contributed by atoms with Crippen molar-refractivity contribution in [1.29, 1.82) is 0 Å². The average molecular weight is 321 g/mol. The van der Waals surface area contributed by atoms with Gasteiger partial charge in [0.05, 0.1) is 16.6 Å². The van der Waals surface area contributed by atoms with Crippen molar-refractivity contribution >= 4 is 29.1 Å². The Labute approximate surface area is 136 Å². The van der Waals surface area contributed by atoms with Crippen LogP contribution in [0.3, 0.4) is 0 Å². The number of nitrogens with zero attached hydrogens (tertiary/aromatic N) is 2. The van der Waals surface area contributed by atoms with E-state index in [1.165, 1.54) is 0 Å². The molecule has 0 aliphatic carbocycles. The Balaban J connectivity index is 1.69. The first-order valence-electron chi connectivity index (χ1n) is 7.90. The van der Waals surface area contributed by atoms with Crippen molar-refractivity contribution in [3.63, 3.8) is 0 Å². The van der Waals surface area contributed by atoms with Crippen LogP contribution < -0.4 is 4.90 Å². The third-order valence-electron chi connectivity index (χ3n) is 4.71. The largest absolute Gasteiger partial charge is 0.342 e. The monoisotopic (exact) mass is 320 g/mol. The fourth-order valence-corrected chi connectivity index (χ4v) is 3.50. The van der Waals surface area contributed by atoms with Gasteiger partial charge in [0.1, 0.15) is 0 Å². The van der Waals surface area contributed by atoms with Crippen LogP contribution in [0.15, 0.2) is 24.3 Å². The van der Waals surface area contributed by atoms with Crippen LogP contribution >= 0.6 is 11.6 Å². The molecule has 22 heavy (non-hydrogen) atoms. The number of hydrogen-bond donors (Lipinski definition) is 0. The zero-order valence-corrected chi connectivity index (χ0v) is 13.6. The van der Waals surface area contributed by atoms with E-state index in [0.29, 0.717) is 23.2 Å². The van der Waals surface area contributed by atoms with Crippen LogP contribution in [-0.2, 0) is 9.59 Å². The van der Waals surface area contributed by atoms with Crippen LogP contribution in [0.2, 0.25) is 5.02 Å². The second-order valence-electron chi connectivity index (χ2n) is 6.36. The van der Waals surface area contributed by atoms with Gasteiger partial charge < -0.3 is 9.80 Å². The normalized spacial score (nSPS) is 23.2. The topological polar surface area (TPSA) is 40.6 Å². The number of amides is 2. The lowest BCUT2D eigenvalue weighted by molar-refractivity contribution is -0.137. The maximum Gasteiger partial charge on any atom is 0.228 e. The quantitative estimate of drug-likeness (QED) is 0.840.